The van der Waals surface area contributed by atoms with Crippen molar-refractivity contribution < 1.29 is 4.92 Å². The van der Waals surface area contributed by atoms with Crippen LogP contribution in [-0.4, -0.2) is 16.1 Å². The van der Waals surface area contributed by atoms with Crippen LogP contribution < -0.4 is 10.6 Å². The Morgan fingerprint density at radius 2 is 2.19 bits per heavy atom. The highest BCUT2D eigenvalue weighted by atomic mass is 32.1. The minimum absolute atomic E-state index is 0.114. The summed E-state index contributed by atoms with van der Waals surface area (Å²) in [5, 5.41) is 18.0. The van der Waals surface area contributed by atoms with Crippen LogP contribution >= 0.6 is 12.2 Å². The molecular formula is C15H19N3O2S. The highest BCUT2D eigenvalue weighted by Gasteiger charge is 2.39. The summed E-state index contributed by atoms with van der Waals surface area (Å²) in [7, 11) is 0. The van der Waals surface area contributed by atoms with E-state index in [1.165, 1.54) is 31.7 Å². The van der Waals surface area contributed by atoms with Gasteiger partial charge >= 0.3 is 0 Å². The van der Waals surface area contributed by atoms with Crippen LogP contribution in [0.5, 0.6) is 0 Å². The van der Waals surface area contributed by atoms with E-state index in [4.69, 9.17) is 12.2 Å². The molecule has 1 aromatic rings. The maximum absolute atomic E-state index is 11.0. The third-order valence-electron chi connectivity index (χ3n) is 4.72. The normalized spacial score (nSPS) is 26.6. The number of fused-ring (bicyclic) bond motifs is 2. The first kappa shape index (κ1) is 14.3. The summed E-state index contributed by atoms with van der Waals surface area (Å²) in [5.74, 6) is 1.60. The lowest BCUT2D eigenvalue weighted by molar-refractivity contribution is -0.385. The second kappa shape index (κ2) is 5.60. The van der Waals surface area contributed by atoms with Crippen molar-refractivity contribution in [3.63, 3.8) is 0 Å². The number of nitrogens with zero attached hydrogens (tertiary/aromatic N) is 1. The molecule has 2 fully saturated rings. The third-order valence-corrected chi connectivity index (χ3v) is 4.94. The molecule has 2 aliphatic carbocycles. The van der Waals surface area contributed by atoms with E-state index in [1.807, 2.05) is 6.07 Å². The molecule has 112 valence electrons. The van der Waals surface area contributed by atoms with Crippen molar-refractivity contribution >= 4 is 28.7 Å². The Kier molecular flexibility index (Phi) is 3.80. The molecule has 21 heavy (non-hydrogen) atoms. The van der Waals surface area contributed by atoms with Crippen LogP contribution in [0.3, 0.4) is 0 Å². The number of rotatable bonds is 3. The SMILES string of the molecule is Cc1ccc(NC(=S)N[C@@H]2C[C@H]3CC[C@H]2C3)cc1[N+](=O)[O-]. The maximum Gasteiger partial charge on any atom is 0.274 e. The number of hydrogen-bond donors (Lipinski definition) is 2. The lowest BCUT2D eigenvalue weighted by Gasteiger charge is -2.24. The zero-order valence-electron chi connectivity index (χ0n) is 12.0. The van der Waals surface area contributed by atoms with Gasteiger partial charge < -0.3 is 10.6 Å². The highest BCUT2D eigenvalue weighted by Crippen LogP contribution is 2.44. The number of benzene rings is 1. The molecule has 0 amide bonds. The number of nitro benzene ring substituents is 1. The fourth-order valence-corrected chi connectivity index (χ4v) is 3.91. The van der Waals surface area contributed by atoms with E-state index in [2.05, 4.69) is 10.6 Å². The summed E-state index contributed by atoms with van der Waals surface area (Å²) in [6.45, 7) is 1.73. The van der Waals surface area contributed by atoms with Gasteiger partial charge in [-0.25, -0.2) is 0 Å². The monoisotopic (exact) mass is 305 g/mol. The van der Waals surface area contributed by atoms with Gasteiger partial charge in [-0.15, -0.1) is 0 Å². The van der Waals surface area contributed by atoms with E-state index >= 15 is 0 Å². The van der Waals surface area contributed by atoms with Gasteiger partial charge in [0, 0.05) is 23.4 Å². The Morgan fingerprint density at radius 1 is 1.38 bits per heavy atom. The summed E-state index contributed by atoms with van der Waals surface area (Å²) in [4.78, 5) is 10.6. The quantitative estimate of drug-likeness (QED) is 0.509. The van der Waals surface area contributed by atoms with Gasteiger partial charge in [-0.1, -0.05) is 12.5 Å². The molecule has 0 spiro atoms. The molecule has 3 rings (SSSR count). The summed E-state index contributed by atoms with van der Waals surface area (Å²) >= 11 is 5.34. The van der Waals surface area contributed by atoms with Crippen molar-refractivity contribution in [2.45, 2.75) is 38.6 Å². The number of anilines is 1. The van der Waals surface area contributed by atoms with E-state index in [0.29, 0.717) is 22.4 Å². The molecule has 0 heterocycles. The molecule has 2 N–H and O–H groups in total. The third kappa shape index (κ3) is 3.00. The molecule has 6 heteroatoms. The number of thiocarbonyl (C=S) groups is 1. The minimum atomic E-state index is -0.368. The van der Waals surface area contributed by atoms with Crippen LogP contribution in [0.4, 0.5) is 11.4 Å². The minimum Gasteiger partial charge on any atom is -0.359 e. The summed E-state index contributed by atoms with van der Waals surface area (Å²) in [6.07, 6.45) is 5.16. The van der Waals surface area contributed by atoms with Gasteiger partial charge in [0.2, 0.25) is 0 Å². The van der Waals surface area contributed by atoms with Gasteiger partial charge in [0.25, 0.3) is 5.69 Å². The first-order valence-electron chi connectivity index (χ1n) is 7.35. The molecule has 1 aromatic carbocycles. The zero-order chi connectivity index (χ0) is 15.0. The van der Waals surface area contributed by atoms with Crippen molar-refractivity contribution in [2.75, 3.05) is 5.32 Å². The standard InChI is InChI=1S/C15H19N3O2S/c1-9-2-5-12(8-14(9)18(19)20)16-15(21)17-13-7-10-3-4-11(13)6-10/h2,5,8,10-11,13H,3-4,6-7H2,1H3,(H2,16,17,21)/t10-,11-,13+/m0/s1. The first-order valence-corrected chi connectivity index (χ1v) is 7.76. The van der Waals surface area contributed by atoms with Crippen LogP contribution in [0, 0.1) is 28.9 Å². The van der Waals surface area contributed by atoms with Crippen molar-refractivity contribution in [3.8, 4) is 0 Å². The Morgan fingerprint density at radius 3 is 2.81 bits per heavy atom. The molecule has 0 aromatic heterocycles. The predicted molar refractivity (Wildman–Crippen MR) is 86.4 cm³/mol. The van der Waals surface area contributed by atoms with Gasteiger partial charge in [-0.3, -0.25) is 10.1 Å². The van der Waals surface area contributed by atoms with Crippen molar-refractivity contribution in [2.24, 2.45) is 11.8 Å². The van der Waals surface area contributed by atoms with Gasteiger partial charge in [0.05, 0.1) is 4.92 Å². The largest absolute Gasteiger partial charge is 0.359 e. The van der Waals surface area contributed by atoms with Crippen LogP contribution in [0.1, 0.15) is 31.2 Å². The molecule has 2 saturated carbocycles. The fourth-order valence-electron chi connectivity index (χ4n) is 3.64. The van der Waals surface area contributed by atoms with Gasteiger partial charge in [0.1, 0.15) is 0 Å². The molecule has 2 aliphatic rings. The van der Waals surface area contributed by atoms with Gasteiger partial charge in [-0.05, 0) is 56.3 Å². The molecule has 0 saturated heterocycles. The lowest BCUT2D eigenvalue weighted by atomic mass is 9.96. The van der Waals surface area contributed by atoms with E-state index < -0.39 is 0 Å². The van der Waals surface area contributed by atoms with Gasteiger partial charge in [0.15, 0.2) is 5.11 Å². The van der Waals surface area contributed by atoms with E-state index in [-0.39, 0.29) is 10.6 Å². The number of aryl methyl sites for hydroxylation is 1. The molecule has 5 nitrogen and oxygen atoms in total. The molecule has 0 aliphatic heterocycles. The van der Waals surface area contributed by atoms with Crippen molar-refractivity contribution in [1.82, 2.24) is 5.32 Å². The molecule has 0 radical (unpaired) electrons. The summed E-state index contributed by atoms with van der Waals surface area (Å²) < 4.78 is 0. The number of nitro groups is 1. The van der Waals surface area contributed by atoms with Crippen LogP contribution in [-0.2, 0) is 0 Å². The topological polar surface area (TPSA) is 67.2 Å². The second-order valence-electron chi connectivity index (χ2n) is 6.14. The maximum atomic E-state index is 11.0. The van der Waals surface area contributed by atoms with Crippen LogP contribution in [0.25, 0.3) is 0 Å². The molecular weight excluding hydrogens is 286 g/mol. The number of hydrogen-bond acceptors (Lipinski definition) is 3. The fraction of sp³-hybridized carbons (Fsp3) is 0.533. The van der Waals surface area contributed by atoms with E-state index in [1.54, 1.807) is 13.0 Å². The predicted octanol–water partition coefficient (Wildman–Crippen LogP) is 3.38. The Labute approximate surface area is 129 Å². The lowest BCUT2D eigenvalue weighted by Crippen LogP contribution is -2.40. The van der Waals surface area contributed by atoms with Crippen LogP contribution in [0.15, 0.2) is 18.2 Å². The van der Waals surface area contributed by atoms with E-state index in [9.17, 15) is 10.1 Å². The Bertz CT molecular complexity index is 590. The first-order chi connectivity index (χ1) is 10.0. The molecule has 2 bridgehead atoms. The highest BCUT2D eigenvalue weighted by molar-refractivity contribution is 7.80. The molecule has 0 unspecified atom stereocenters. The zero-order valence-corrected chi connectivity index (χ0v) is 12.8. The summed E-state index contributed by atoms with van der Waals surface area (Å²) in [5.41, 5.74) is 1.42. The second-order valence-corrected chi connectivity index (χ2v) is 6.55. The average Bonchev–Trinajstić information content (AvgIpc) is 3.03. The molecule has 3 atom stereocenters. The van der Waals surface area contributed by atoms with Crippen molar-refractivity contribution in [1.29, 1.82) is 0 Å². The van der Waals surface area contributed by atoms with Crippen molar-refractivity contribution in [3.05, 3.63) is 33.9 Å². The average molecular weight is 305 g/mol. The van der Waals surface area contributed by atoms with Crippen LogP contribution in [0.2, 0.25) is 0 Å². The Hall–Kier alpha value is -1.69. The van der Waals surface area contributed by atoms with E-state index in [0.717, 1.165) is 11.8 Å². The summed E-state index contributed by atoms with van der Waals surface area (Å²) in [6, 6.07) is 5.55. The van der Waals surface area contributed by atoms with Gasteiger partial charge in [-0.2, -0.15) is 0 Å². The smallest absolute Gasteiger partial charge is 0.274 e. The number of nitrogens with one attached hydrogen (secondary N) is 2. The Balaban J connectivity index is 1.62.